The van der Waals surface area contributed by atoms with E-state index >= 15 is 0 Å². The smallest absolute Gasteiger partial charge is 0.0832 e. The molecule has 0 saturated carbocycles. The first-order valence-corrected chi connectivity index (χ1v) is 4.96. The molecule has 1 nitrogen and oxygen atoms in total. The Morgan fingerprint density at radius 2 is 1.92 bits per heavy atom. The molecule has 1 aromatic rings. The Labute approximate surface area is 84.7 Å². The molecule has 0 aliphatic rings. The third kappa shape index (κ3) is 3.02. The van der Waals surface area contributed by atoms with Crippen LogP contribution in [0.1, 0.15) is 23.7 Å². The van der Waals surface area contributed by atoms with Crippen LogP contribution in [0.15, 0.2) is 24.3 Å². The van der Waals surface area contributed by atoms with E-state index in [0.717, 1.165) is 6.42 Å². The van der Waals surface area contributed by atoms with Crippen LogP contribution in [-0.4, -0.2) is 13.0 Å². The standard InChI is InChI=1S/C11H15ClO/c1-9-3-5-10(6-4-9)11(13-2)7-8-12/h3-6,11H,7-8H2,1-2H3/t11-/m1/s1. The first-order valence-electron chi connectivity index (χ1n) is 4.43. The van der Waals surface area contributed by atoms with Gasteiger partial charge in [0.05, 0.1) is 6.10 Å². The zero-order chi connectivity index (χ0) is 9.68. The maximum atomic E-state index is 5.68. The molecular weight excluding hydrogens is 184 g/mol. The predicted molar refractivity (Wildman–Crippen MR) is 56.3 cm³/mol. The average molecular weight is 199 g/mol. The van der Waals surface area contributed by atoms with Gasteiger partial charge in [-0.1, -0.05) is 29.8 Å². The normalized spacial score (nSPS) is 12.8. The lowest BCUT2D eigenvalue weighted by Crippen LogP contribution is -2.01. The minimum Gasteiger partial charge on any atom is -0.377 e. The second kappa shape index (κ2) is 5.25. The maximum Gasteiger partial charge on any atom is 0.0832 e. The Balaban J connectivity index is 2.73. The second-order valence-corrected chi connectivity index (χ2v) is 3.49. The monoisotopic (exact) mass is 198 g/mol. The number of aryl methyl sites for hydroxylation is 1. The molecule has 72 valence electrons. The minimum absolute atomic E-state index is 0.137. The summed E-state index contributed by atoms with van der Waals surface area (Å²) in [5, 5.41) is 0. The fourth-order valence-electron chi connectivity index (χ4n) is 1.30. The molecule has 2 heteroatoms. The van der Waals surface area contributed by atoms with Gasteiger partial charge in [-0.05, 0) is 18.9 Å². The predicted octanol–water partition coefficient (Wildman–Crippen LogP) is 3.31. The molecule has 0 aromatic heterocycles. The molecule has 0 bridgehead atoms. The summed E-state index contributed by atoms with van der Waals surface area (Å²) in [6.45, 7) is 2.08. The van der Waals surface area contributed by atoms with Crippen molar-refractivity contribution in [2.75, 3.05) is 13.0 Å². The van der Waals surface area contributed by atoms with E-state index in [9.17, 15) is 0 Å². The molecule has 0 spiro atoms. The molecule has 1 atom stereocenters. The number of ether oxygens (including phenoxy) is 1. The van der Waals surface area contributed by atoms with Gasteiger partial charge in [0.25, 0.3) is 0 Å². The van der Waals surface area contributed by atoms with Crippen molar-refractivity contribution >= 4 is 11.6 Å². The van der Waals surface area contributed by atoms with Gasteiger partial charge < -0.3 is 4.74 Å². The van der Waals surface area contributed by atoms with E-state index in [2.05, 4.69) is 31.2 Å². The van der Waals surface area contributed by atoms with Gasteiger partial charge >= 0.3 is 0 Å². The molecule has 0 fully saturated rings. The van der Waals surface area contributed by atoms with E-state index in [-0.39, 0.29) is 6.10 Å². The number of alkyl halides is 1. The van der Waals surface area contributed by atoms with Crippen molar-refractivity contribution in [2.24, 2.45) is 0 Å². The first kappa shape index (κ1) is 10.6. The van der Waals surface area contributed by atoms with E-state index in [1.807, 2.05) is 0 Å². The minimum atomic E-state index is 0.137. The highest BCUT2D eigenvalue weighted by molar-refractivity contribution is 6.17. The summed E-state index contributed by atoms with van der Waals surface area (Å²) in [7, 11) is 1.72. The van der Waals surface area contributed by atoms with Gasteiger partial charge in [-0.15, -0.1) is 11.6 Å². The van der Waals surface area contributed by atoms with Gasteiger partial charge in [-0.3, -0.25) is 0 Å². The molecule has 1 aromatic carbocycles. The third-order valence-corrected chi connectivity index (χ3v) is 2.32. The summed E-state index contributed by atoms with van der Waals surface area (Å²) in [6.07, 6.45) is 0.999. The van der Waals surface area contributed by atoms with Crippen LogP contribution in [0.25, 0.3) is 0 Å². The first-order chi connectivity index (χ1) is 6.27. The summed E-state index contributed by atoms with van der Waals surface area (Å²) in [5.74, 6) is 0.631. The number of methoxy groups -OCH3 is 1. The van der Waals surface area contributed by atoms with Gasteiger partial charge in [0.2, 0.25) is 0 Å². The third-order valence-electron chi connectivity index (χ3n) is 2.10. The van der Waals surface area contributed by atoms with Gasteiger partial charge in [0, 0.05) is 13.0 Å². The van der Waals surface area contributed by atoms with E-state index in [0.29, 0.717) is 5.88 Å². The summed E-state index contributed by atoms with van der Waals surface area (Å²) >= 11 is 5.68. The highest BCUT2D eigenvalue weighted by Gasteiger charge is 2.08. The van der Waals surface area contributed by atoms with Gasteiger partial charge in [0.1, 0.15) is 0 Å². The zero-order valence-corrected chi connectivity index (χ0v) is 8.84. The van der Waals surface area contributed by atoms with E-state index in [1.54, 1.807) is 7.11 Å². The van der Waals surface area contributed by atoms with Crippen molar-refractivity contribution in [3.8, 4) is 0 Å². The molecule has 0 radical (unpaired) electrons. The van der Waals surface area contributed by atoms with Crippen LogP contribution < -0.4 is 0 Å². The Bertz CT molecular complexity index is 243. The van der Waals surface area contributed by atoms with Crippen molar-refractivity contribution in [3.63, 3.8) is 0 Å². The Morgan fingerprint density at radius 1 is 1.31 bits per heavy atom. The van der Waals surface area contributed by atoms with Crippen LogP contribution in [0.2, 0.25) is 0 Å². The molecule has 0 amide bonds. The van der Waals surface area contributed by atoms with Crippen LogP contribution in [-0.2, 0) is 4.74 Å². The molecule has 0 aliphatic heterocycles. The van der Waals surface area contributed by atoms with E-state index in [4.69, 9.17) is 16.3 Å². The molecule has 13 heavy (non-hydrogen) atoms. The summed E-state index contributed by atoms with van der Waals surface area (Å²) in [4.78, 5) is 0. The quantitative estimate of drug-likeness (QED) is 0.675. The van der Waals surface area contributed by atoms with Crippen molar-refractivity contribution in [1.29, 1.82) is 0 Å². The fraction of sp³-hybridized carbons (Fsp3) is 0.455. The Morgan fingerprint density at radius 3 is 2.38 bits per heavy atom. The van der Waals surface area contributed by atoms with Gasteiger partial charge in [-0.25, -0.2) is 0 Å². The summed E-state index contributed by atoms with van der Waals surface area (Å²) < 4.78 is 5.33. The maximum absolute atomic E-state index is 5.68. The van der Waals surface area contributed by atoms with Crippen molar-refractivity contribution in [1.82, 2.24) is 0 Å². The lowest BCUT2D eigenvalue weighted by atomic mass is 10.1. The van der Waals surface area contributed by atoms with Crippen LogP contribution in [0, 0.1) is 6.92 Å². The lowest BCUT2D eigenvalue weighted by Gasteiger charge is -2.14. The summed E-state index contributed by atoms with van der Waals surface area (Å²) in [6, 6.07) is 8.37. The van der Waals surface area contributed by atoms with Crippen molar-refractivity contribution in [3.05, 3.63) is 35.4 Å². The van der Waals surface area contributed by atoms with Crippen LogP contribution in [0.4, 0.5) is 0 Å². The number of hydrogen-bond donors (Lipinski definition) is 0. The number of rotatable bonds is 4. The number of benzene rings is 1. The van der Waals surface area contributed by atoms with Gasteiger partial charge in [-0.2, -0.15) is 0 Å². The van der Waals surface area contributed by atoms with Crippen LogP contribution in [0.5, 0.6) is 0 Å². The SMILES string of the molecule is CO[C@H](CCCl)c1ccc(C)cc1. The largest absolute Gasteiger partial charge is 0.377 e. The van der Waals surface area contributed by atoms with Crippen molar-refractivity contribution in [2.45, 2.75) is 19.4 Å². The Hall–Kier alpha value is -0.530. The summed E-state index contributed by atoms with van der Waals surface area (Å²) in [5.41, 5.74) is 2.47. The molecular formula is C11H15ClO. The molecule has 0 N–H and O–H groups in total. The fourth-order valence-corrected chi connectivity index (χ4v) is 1.50. The van der Waals surface area contributed by atoms with Gasteiger partial charge in [0.15, 0.2) is 0 Å². The number of halogens is 1. The lowest BCUT2D eigenvalue weighted by molar-refractivity contribution is 0.101. The molecule has 0 aliphatic carbocycles. The van der Waals surface area contributed by atoms with Crippen molar-refractivity contribution < 1.29 is 4.74 Å². The topological polar surface area (TPSA) is 9.23 Å². The molecule has 0 heterocycles. The molecule has 0 saturated heterocycles. The Kier molecular flexibility index (Phi) is 4.26. The van der Waals surface area contributed by atoms with Crippen LogP contribution >= 0.6 is 11.6 Å². The highest BCUT2D eigenvalue weighted by atomic mass is 35.5. The number of hydrogen-bond acceptors (Lipinski definition) is 1. The van der Waals surface area contributed by atoms with E-state index < -0.39 is 0 Å². The highest BCUT2D eigenvalue weighted by Crippen LogP contribution is 2.20. The molecule has 0 unspecified atom stereocenters. The molecule has 1 rings (SSSR count). The van der Waals surface area contributed by atoms with E-state index in [1.165, 1.54) is 11.1 Å². The van der Waals surface area contributed by atoms with Crippen LogP contribution in [0.3, 0.4) is 0 Å². The second-order valence-electron chi connectivity index (χ2n) is 3.11. The zero-order valence-electron chi connectivity index (χ0n) is 8.09. The average Bonchev–Trinajstić information content (AvgIpc) is 2.16.